The van der Waals surface area contributed by atoms with Crippen LogP contribution in [0.1, 0.15) is 56.9 Å². The normalized spacial score (nSPS) is 26.8. The van der Waals surface area contributed by atoms with Crippen LogP contribution in [0.3, 0.4) is 0 Å². The molecule has 1 aromatic heterocycles. The molecule has 1 aromatic rings. The Hall–Kier alpha value is -2.02. The Bertz CT molecular complexity index is 739. The Morgan fingerprint density at radius 2 is 1.93 bits per heavy atom. The molecule has 0 radical (unpaired) electrons. The van der Waals surface area contributed by atoms with Gasteiger partial charge in [-0.15, -0.1) is 0 Å². The highest BCUT2D eigenvalue weighted by molar-refractivity contribution is 5.88. The minimum absolute atomic E-state index is 0.0727. The molecule has 27 heavy (non-hydrogen) atoms. The van der Waals surface area contributed by atoms with Crippen LogP contribution in [0.4, 0.5) is 4.39 Å². The van der Waals surface area contributed by atoms with Gasteiger partial charge in [0.05, 0.1) is 17.9 Å². The van der Waals surface area contributed by atoms with Crippen molar-refractivity contribution in [3.8, 4) is 0 Å². The monoisotopic (exact) mass is 376 g/mol. The lowest BCUT2D eigenvalue weighted by Gasteiger charge is -2.42. The van der Waals surface area contributed by atoms with Crippen molar-refractivity contribution in [1.29, 1.82) is 0 Å². The molecule has 146 valence electrons. The van der Waals surface area contributed by atoms with Crippen molar-refractivity contribution in [2.75, 3.05) is 13.1 Å². The summed E-state index contributed by atoms with van der Waals surface area (Å²) in [7, 11) is 0. The van der Waals surface area contributed by atoms with Gasteiger partial charge in [0.1, 0.15) is 5.60 Å². The van der Waals surface area contributed by atoms with E-state index in [-0.39, 0.29) is 36.7 Å². The minimum atomic E-state index is -1.32. The second kappa shape index (κ2) is 6.86. The van der Waals surface area contributed by atoms with E-state index in [0.717, 1.165) is 32.1 Å². The maximum atomic E-state index is 14.0. The molecule has 0 bridgehead atoms. The average Bonchev–Trinajstić information content (AvgIpc) is 2.98. The fourth-order valence-corrected chi connectivity index (χ4v) is 4.93. The van der Waals surface area contributed by atoms with Crippen molar-refractivity contribution in [2.24, 2.45) is 5.92 Å². The van der Waals surface area contributed by atoms with Crippen LogP contribution in [0.5, 0.6) is 0 Å². The number of rotatable bonds is 2. The van der Waals surface area contributed by atoms with Crippen LogP contribution < -0.4 is 0 Å². The predicted molar refractivity (Wildman–Crippen MR) is 93.9 cm³/mol. The second-order valence-electron chi connectivity index (χ2n) is 8.05. The highest BCUT2D eigenvalue weighted by Gasteiger charge is 2.54. The van der Waals surface area contributed by atoms with Crippen LogP contribution in [0.25, 0.3) is 0 Å². The van der Waals surface area contributed by atoms with E-state index in [2.05, 4.69) is 4.98 Å². The zero-order chi connectivity index (χ0) is 19.1. The molecule has 6 nitrogen and oxygen atoms in total. The summed E-state index contributed by atoms with van der Waals surface area (Å²) in [5, 5.41) is 10.9. The van der Waals surface area contributed by atoms with Gasteiger partial charge in [0, 0.05) is 24.8 Å². The van der Waals surface area contributed by atoms with E-state index >= 15 is 0 Å². The van der Waals surface area contributed by atoms with Crippen molar-refractivity contribution in [1.82, 2.24) is 9.88 Å². The molecule has 2 saturated heterocycles. The third-order valence-corrected chi connectivity index (χ3v) is 6.48. The SMILES string of the molecule is O=C1C[C@@H](C(=O)N2CCC(O)(c3cccnc3F)CC2)C2(CCCCC2)O1. The van der Waals surface area contributed by atoms with Gasteiger partial charge in [-0.05, 0) is 44.6 Å². The van der Waals surface area contributed by atoms with Gasteiger partial charge in [0.2, 0.25) is 11.9 Å². The van der Waals surface area contributed by atoms with Gasteiger partial charge in [-0.3, -0.25) is 9.59 Å². The molecule has 3 heterocycles. The number of piperidine rings is 1. The first-order valence-electron chi connectivity index (χ1n) is 9.78. The average molecular weight is 376 g/mol. The van der Waals surface area contributed by atoms with Gasteiger partial charge in [-0.2, -0.15) is 4.39 Å². The first-order valence-corrected chi connectivity index (χ1v) is 9.78. The summed E-state index contributed by atoms with van der Waals surface area (Å²) in [6.07, 6.45) is 6.51. The minimum Gasteiger partial charge on any atom is -0.458 e. The van der Waals surface area contributed by atoms with Gasteiger partial charge < -0.3 is 14.7 Å². The van der Waals surface area contributed by atoms with Crippen molar-refractivity contribution in [3.05, 3.63) is 29.8 Å². The fraction of sp³-hybridized carbons (Fsp3) is 0.650. The number of pyridine rings is 1. The number of aliphatic hydroxyl groups is 1. The molecule has 0 aromatic carbocycles. The zero-order valence-corrected chi connectivity index (χ0v) is 15.3. The molecule has 1 aliphatic carbocycles. The van der Waals surface area contributed by atoms with Gasteiger partial charge in [-0.25, -0.2) is 4.98 Å². The largest absolute Gasteiger partial charge is 0.458 e. The van der Waals surface area contributed by atoms with Crippen molar-refractivity contribution >= 4 is 11.9 Å². The lowest BCUT2D eigenvalue weighted by molar-refractivity contribution is -0.157. The Labute approximate surface area is 157 Å². The molecule has 1 saturated carbocycles. The van der Waals surface area contributed by atoms with E-state index in [9.17, 15) is 19.1 Å². The van der Waals surface area contributed by atoms with Crippen LogP contribution in [-0.4, -0.2) is 45.6 Å². The number of ether oxygens (including phenoxy) is 1. The Morgan fingerprint density at radius 3 is 2.59 bits per heavy atom. The zero-order valence-electron chi connectivity index (χ0n) is 15.3. The fourth-order valence-electron chi connectivity index (χ4n) is 4.93. The van der Waals surface area contributed by atoms with Crippen molar-refractivity contribution in [3.63, 3.8) is 0 Å². The number of amides is 1. The Balaban J connectivity index is 1.47. The molecule has 7 heteroatoms. The third-order valence-electron chi connectivity index (χ3n) is 6.48. The molecule has 2 aliphatic heterocycles. The number of carbonyl (C=O) groups excluding carboxylic acids is 2. The van der Waals surface area contributed by atoms with E-state index in [1.807, 2.05) is 0 Å². The molecular formula is C20H25FN2O4. The van der Waals surface area contributed by atoms with Crippen LogP contribution in [0.15, 0.2) is 18.3 Å². The Morgan fingerprint density at radius 1 is 1.22 bits per heavy atom. The topological polar surface area (TPSA) is 79.7 Å². The summed E-state index contributed by atoms with van der Waals surface area (Å²) in [6.45, 7) is 0.648. The van der Waals surface area contributed by atoms with Gasteiger partial charge in [0.15, 0.2) is 0 Å². The third kappa shape index (κ3) is 3.22. The molecule has 1 N–H and O–H groups in total. The molecule has 1 atom stereocenters. The molecule has 3 aliphatic rings. The molecule has 0 unspecified atom stereocenters. The smallest absolute Gasteiger partial charge is 0.307 e. The Kier molecular flexibility index (Phi) is 4.66. The van der Waals surface area contributed by atoms with E-state index in [1.54, 1.807) is 17.0 Å². The number of likely N-dealkylation sites (tertiary alicyclic amines) is 1. The van der Waals surface area contributed by atoms with E-state index < -0.39 is 23.1 Å². The van der Waals surface area contributed by atoms with Gasteiger partial charge >= 0.3 is 5.97 Å². The number of halogens is 1. The summed E-state index contributed by atoms with van der Waals surface area (Å²) in [5.41, 5.74) is -1.78. The maximum absolute atomic E-state index is 14.0. The number of carbonyl (C=O) groups is 2. The second-order valence-corrected chi connectivity index (χ2v) is 8.05. The maximum Gasteiger partial charge on any atom is 0.307 e. The lowest BCUT2D eigenvalue weighted by atomic mass is 9.75. The summed E-state index contributed by atoms with van der Waals surface area (Å²) in [5.74, 6) is -1.47. The summed E-state index contributed by atoms with van der Waals surface area (Å²) >= 11 is 0. The van der Waals surface area contributed by atoms with Crippen LogP contribution in [-0.2, 0) is 19.9 Å². The first kappa shape index (κ1) is 18.3. The summed E-state index contributed by atoms with van der Waals surface area (Å²) in [4.78, 5) is 30.4. The first-order chi connectivity index (χ1) is 12.9. The molecule has 3 fully saturated rings. The molecule has 1 spiro atoms. The molecule has 1 amide bonds. The van der Waals surface area contributed by atoms with Crippen LogP contribution in [0.2, 0.25) is 0 Å². The van der Waals surface area contributed by atoms with Gasteiger partial charge in [0.25, 0.3) is 0 Å². The summed E-state index contributed by atoms with van der Waals surface area (Å²) in [6, 6.07) is 3.14. The van der Waals surface area contributed by atoms with Crippen LogP contribution in [0, 0.1) is 11.9 Å². The van der Waals surface area contributed by atoms with Crippen molar-refractivity contribution in [2.45, 2.75) is 62.6 Å². The van der Waals surface area contributed by atoms with E-state index in [1.165, 1.54) is 6.20 Å². The van der Waals surface area contributed by atoms with Gasteiger partial charge in [-0.1, -0.05) is 12.5 Å². The van der Waals surface area contributed by atoms with E-state index in [4.69, 9.17) is 4.74 Å². The van der Waals surface area contributed by atoms with Crippen molar-refractivity contribution < 1.29 is 23.8 Å². The summed E-state index contributed by atoms with van der Waals surface area (Å²) < 4.78 is 19.6. The molecule has 4 rings (SSSR count). The number of aromatic nitrogens is 1. The lowest BCUT2D eigenvalue weighted by Crippen LogP contribution is -2.51. The number of hydrogen-bond acceptors (Lipinski definition) is 5. The quantitative estimate of drug-likeness (QED) is 0.633. The van der Waals surface area contributed by atoms with E-state index in [0.29, 0.717) is 13.1 Å². The molecular weight excluding hydrogens is 351 g/mol. The number of hydrogen-bond donors (Lipinski definition) is 1. The highest BCUT2D eigenvalue weighted by Crippen LogP contribution is 2.45. The van der Waals surface area contributed by atoms with Crippen LogP contribution >= 0.6 is 0 Å². The standard InChI is InChI=1S/C20H25FN2O4/c21-17-14(5-4-10-22-17)19(26)8-11-23(12-9-19)18(25)15-13-16(24)27-20(15)6-2-1-3-7-20/h4-5,10,15,26H,1-3,6-9,11-13H2/t15-/m0/s1. The number of esters is 1. The highest BCUT2D eigenvalue weighted by atomic mass is 19.1. The predicted octanol–water partition coefficient (Wildman–Crippen LogP) is 2.30. The number of nitrogens with zero attached hydrogens (tertiary/aromatic N) is 2.